The number of nitro groups is 1. The molecule has 214 valence electrons. The molecule has 1 atom stereocenters. The SMILES string of the molecule is CC[C@@H](C(=O)NCCOc1ccc(S(=O)(=O)N2CCCCC2)cc1)N(c1cc([N+](=O)[O-])ccc1C)S(C)(=O)=O. The molecule has 0 saturated carbocycles. The van der Waals surface area contributed by atoms with Crippen LogP contribution in [0.4, 0.5) is 11.4 Å². The predicted octanol–water partition coefficient (Wildman–Crippen LogP) is 2.82. The van der Waals surface area contributed by atoms with Crippen molar-refractivity contribution >= 4 is 37.3 Å². The van der Waals surface area contributed by atoms with Crippen molar-refractivity contribution in [2.24, 2.45) is 0 Å². The van der Waals surface area contributed by atoms with Crippen molar-refractivity contribution in [3.8, 4) is 5.75 Å². The van der Waals surface area contributed by atoms with Crippen LogP contribution in [0.1, 0.15) is 38.2 Å². The van der Waals surface area contributed by atoms with E-state index in [0.29, 0.717) is 24.4 Å². The number of piperidine rings is 1. The van der Waals surface area contributed by atoms with Gasteiger partial charge in [-0.05, 0) is 56.0 Å². The molecular weight excluding hydrogens is 548 g/mol. The smallest absolute Gasteiger partial charge is 0.271 e. The number of nitrogens with one attached hydrogen (secondary N) is 1. The summed E-state index contributed by atoms with van der Waals surface area (Å²) in [5, 5.41) is 13.9. The number of aryl methyl sites for hydroxylation is 1. The molecular formula is C25H34N4O8S2. The predicted molar refractivity (Wildman–Crippen MR) is 147 cm³/mol. The van der Waals surface area contributed by atoms with Crippen molar-refractivity contribution in [3.05, 3.63) is 58.1 Å². The lowest BCUT2D eigenvalue weighted by molar-refractivity contribution is -0.384. The summed E-state index contributed by atoms with van der Waals surface area (Å²) in [5.74, 6) is -0.167. The lowest BCUT2D eigenvalue weighted by Crippen LogP contribution is -2.50. The number of hydrogen-bond donors (Lipinski definition) is 1. The third-order valence-corrected chi connectivity index (χ3v) is 9.50. The minimum Gasteiger partial charge on any atom is -0.492 e. The molecule has 1 amide bonds. The molecule has 1 fully saturated rings. The molecule has 0 bridgehead atoms. The Balaban J connectivity index is 1.63. The van der Waals surface area contributed by atoms with E-state index in [2.05, 4.69) is 5.32 Å². The summed E-state index contributed by atoms with van der Waals surface area (Å²) in [6, 6.07) is 8.77. The van der Waals surface area contributed by atoms with E-state index in [1.54, 1.807) is 26.0 Å². The molecule has 0 aliphatic carbocycles. The first-order valence-corrected chi connectivity index (χ1v) is 15.9. The van der Waals surface area contributed by atoms with Crippen molar-refractivity contribution in [2.45, 2.75) is 50.5 Å². The van der Waals surface area contributed by atoms with Gasteiger partial charge in [-0.3, -0.25) is 19.2 Å². The molecule has 14 heteroatoms. The van der Waals surface area contributed by atoms with Crippen LogP contribution in [0.15, 0.2) is 47.4 Å². The Morgan fingerprint density at radius 3 is 2.31 bits per heavy atom. The Bertz CT molecular complexity index is 1390. The number of carbonyl (C=O) groups is 1. The molecule has 1 aliphatic heterocycles. The van der Waals surface area contributed by atoms with E-state index in [-0.39, 0.29) is 35.8 Å². The van der Waals surface area contributed by atoms with E-state index in [1.165, 1.54) is 28.6 Å². The van der Waals surface area contributed by atoms with Gasteiger partial charge in [-0.25, -0.2) is 16.8 Å². The molecule has 12 nitrogen and oxygen atoms in total. The number of anilines is 1. The van der Waals surface area contributed by atoms with Gasteiger partial charge in [-0.15, -0.1) is 0 Å². The molecule has 1 N–H and O–H groups in total. The van der Waals surface area contributed by atoms with E-state index in [0.717, 1.165) is 35.9 Å². The standard InChI is InChI=1S/C25H34N4O8S2/c1-4-23(28(38(3,33)34)24-18-20(29(31)32)9-8-19(24)2)25(30)26-14-17-37-21-10-12-22(13-11-21)39(35,36)27-15-6-5-7-16-27/h8-13,18,23H,4-7,14-17H2,1-3H3,(H,26,30)/t23-/m0/s1. The van der Waals surface area contributed by atoms with Crippen LogP contribution in [0.25, 0.3) is 0 Å². The molecule has 3 rings (SSSR count). The minimum absolute atomic E-state index is 0.0503. The van der Waals surface area contributed by atoms with Gasteiger partial charge >= 0.3 is 0 Å². The molecule has 2 aromatic rings. The monoisotopic (exact) mass is 582 g/mol. The second-order valence-corrected chi connectivity index (χ2v) is 13.1. The zero-order chi connectivity index (χ0) is 28.8. The second kappa shape index (κ2) is 12.7. The molecule has 1 heterocycles. The van der Waals surface area contributed by atoms with Crippen LogP contribution in [0.2, 0.25) is 0 Å². The molecule has 39 heavy (non-hydrogen) atoms. The van der Waals surface area contributed by atoms with Crippen molar-refractivity contribution in [2.75, 3.05) is 36.8 Å². The molecule has 0 radical (unpaired) electrons. The Labute approximate surface area is 229 Å². The van der Waals surface area contributed by atoms with E-state index < -0.39 is 36.9 Å². The Hall–Kier alpha value is -3.23. The number of benzene rings is 2. The van der Waals surface area contributed by atoms with Crippen molar-refractivity contribution < 1.29 is 31.3 Å². The van der Waals surface area contributed by atoms with Crippen molar-refractivity contribution in [1.29, 1.82) is 0 Å². The Morgan fingerprint density at radius 2 is 1.74 bits per heavy atom. The summed E-state index contributed by atoms with van der Waals surface area (Å²) in [7, 11) is -7.52. The van der Waals surface area contributed by atoms with Crippen molar-refractivity contribution in [3.63, 3.8) is 0 Å². The summed E-state index contributed by atoms with van der Waals surface area (Å²) in [6.45, 7) is 4.38. The van der Waals surface area contributed by atoms with Gasteiger partial charge in [-0.1, -0.05) is 19.4 Å². The average Bonchev–Trinajstić information content (AvgIpc) is 2.90. The zero-order valence-electron chi connectivity index (χ0n) is 22.2. The van der Waals surface area contributed by atoms with Crippen LogP contribution in [0.3, 0.4) is 0 Å². The highest BCUT2D eigenvalue weighted by Crippen LogP contribution is 2.30. The van der Waals surface area contributed by atoms with Gasteiger partial charge in [0.05, 0.1) is 28.3 Å². The van der Waals surface area contributed by atoms with E-state index >= 15 is 0 Å². The number of rotatable bonds is 12. The molecule has 0 spiro atoms. The number of carbonyl (C=O) groups excluding carboxylic acids is 1. The fourth-order valence-electron chi connectivity index (χ4n) is 4.41. The number of hydrogen-bond acceptors (Lipinski definition) is 8. The number of nitro benzene ring substituents is 1. The fraction of sp³-hybridized carbons (Fsp3) is 0.480. The fourth-order valence-corrected chi connectivity index (χ4v) is 7.19. The first kappa shape index (κ1) is 30.3. The molecule has 1 saturated heterocycles. The second-order valence-electron chi connectivity index (χ2n) is 9.29. The van der Waals surface area contributed by atoms with Crippen LogP contribution in [-0.4, -0.2) is 70.5 Å². The Morgan fingerprint density at radius 1 is 1.10 bits per heavy atom. The molecule has 0 aromatic heterocycles. The summed E-state index contributed by atoms with van der Waals surface area (Å²) < 4.78 is 59.0. The summed E-state index contributed by atoms with van der Waals surface area (Å²) in [4.78, 5) is 23.8. The van der Waals surface area contributed by atoms with E-state index in [9.17, 15) is 31.7 Å². The van der Waals surface area contributed by atoms with Gasteiger partial charge in [0, 0.05) is 25.2 Å². The quantitative estimate of drug-likeness (QED) is 0.227. The summed E-state index contributed by atoms with van der Waals surface area (Å²) in [5.41, 5.74) is 0.235. The van der Waals surface area contributed by atoms with Crippen LogP contribution >= 0.6 is 0 Å². The van der Waals surface area contributed by atoms with Gasteiger partial charge in [-0.2, -0.15) is 4.31 Å². The van der Waals surface area contributed by atoms with E-state index in [4.69, 9.17) is 4.74 Å². The number of amides is 1. The lowest BCUT2D eigenvalue weighted by atomic mass is 10.1. The third kappa shape index (κ3) is 7.46. The maximum atomic E-state index is 13.0. The first-order valence-electron chi connectivity index (χ1n) is 12.6. The van der Waals surface area contributed by atoms with Crippen LogP contribution in [-0.2, 0) is 24.8 Å². The summed E-state index contributed by atoms with van der Waals surface area (Å²) >= 11 is 0. The number of sulfonamides is 2. The van der Waals surface area contributed by atoms with Crippen LogP contribution in [0, 0.1) is 17.0 Å². The normalized spacial score (nSPS) is 15.4. The highest BCUT2D eigenvalue weighted by molar-refractivity contribution is 7.92. The number of non-ortho nitro benzene ring substituents is 1. The molecule has 1 aliphatic rings. The minimum atomic E-state index is -3.97. The van der Waals surface area contributed by atoms with Gasteiger partial charge < -0.3 is 10.1 Å². The van der Waals surface area contributed by atoms with Crippen LogP contribution < -0.4 is 14.4 Å². The van der Waals surface area contributed by atoms with E-state index in [1.807, 2.05) is 0 Å². The van der Waals surface area contributed by atoms with Gasteiger partial charge in [0.25, 0.3) is 5.69 Å². The third-order valence-electron chi connectivity index (χ3n) is 6.42. The Kier molecular flexibility index (Phi) is 9.91. The van der Waals surface area contributed by atoms with Gasteiger partial charge in [0.15, 0.2) is 0 Å². The number of nitrogens with zero attached hydrogens (tertiary/aromatic N) is 3. The molecule has 0 unspecified atom stereocenters. The first-order chi connectivity index (χ1) is 18.4. The van der Waals surface area contributed by atoms with Crippen LogP contribution in [0.5, 0.6) is 5.75 Å². The maximum Gasteiger partial charge on any atom is 0.271 e. The highest BCUT2D eigenvalue weighted by atomic mass is 32.2. The van der Waals surface area contributed by atoms with Gasteiger partial charge in [0.1, 0.15) is 18.4 Å². The molecule has 2 aromatic carbocycles. The maximum absolute atomic E-state index is 13.0. The highest BCUT2D eigenvalue weighted by Gasteiger charge is 2.33. The largest absolute Gasteiger partial charge is 0.492 e. The average molecular weight is 583 g/mol. The van der Waals surface area contributed by atoms with Gasteiger partial charge in [0.2, 0.25) is 26.0 Å². The lowest BCUT2D eigenvalue weighted by Gasteiger charge is -2.31. The number of ether oxygens (including phenoxy) is 1. The summed E-state index contributed by atoms with van der Waals surface area (Å²) in [6.07, 6.45) is 3.78. The topological polar surface area (TPSA) is 156 Å². The van der Waals surface area contributed by atoms with Crippen molar-refractivity contribution in [1.82, 2.24) is 9.62 Å². The zero-order valence-corrected chi connectivity index (χ0v) is 23.8.